The molecule has 5 rings (SSSR count). The lowest BCUT2D eigenvalue weighted by Gasteiger charge is -2.17. The number of nitrogens with zero attached hydrogens (tertiary/aromatic N) is 2. The molecule has 0 unspecified atom stereocenters. The molecule has 0 spiro atoms. The molecule has 2 aliphatic rings. The predicted octanol–water partition coefficient (Wildman–Crippen LogP) is 5.17. The maximum atomic E-state index is 13.3. The van der Waals surface area contributed by atoms with Crippen LogP contribution in [0.5, 0.6) is 17.2 Å². The Labute approximate surface area is 207 Å². The Hall–Kier alpha value is -4.04. The minimum absolute atomic E-state index is 0.0607. The van der Waals surface area contributed by atoms with E-state index in [1.165, 1.54) is 16.7 Å². The standard InChI is InChI=1S/C27H22N2O5S/c1-2-32-21-11-9-19(10-12-21)23(30)16-35-27-28-22(26(31)29(27)20-6-4-3-5-7-20)14-18-8-13-24-25(15-18)34-17-33-24/h3-15H,2,16-17H2,1H3/b22-14+. The normalized spacial score (nSPS) is 15.5. The topological polar surface area (TPSA) is 77.4 Å². The molecule has 0 N–H and O–H groups in total. The molecule has 0 atom stereocenters. The first-order valence-electron chi connectivity index (χ1n) is 11.1. The van der Waals surface area contributed by atoms with Gasteiger partial charge in [-0.1, -0.05) is 36.0 Å². The zero-order valence-electron chi connectivity index (χ0n) is 19.0. The minimum atomic E-state index is -0.259. The van der Waals surface area contributed by atoms with Gasteiger partial charge in [0.2, 0.25) is 6.79 Å². The number of Topliss-reactive ketones (excluding diaryl/α,β-unsaturated/α-hetero) is 1. The SMILES string of the molecule is CCOc1ccc(C(=O)CSC2=N/C(=C/c3ccc4c(c3)OCO4)C(=O)N2c2ccccc2)cc1. The number of anilines is 1. The van der Waals surface area contributed by atoms with Crippen molar-refractivity contribution in [3.63, 3.8) is 0 Å². The van der Waals surface area contributed by atoms with E-state index in [-0.39, 0.29) is 29.9 Å². The number of amidine groups is 1. The number of benzene rings is 3. The van der Waals surface area contributed by atoms with Crippen LogP contribution in [-0.2, 0) is 4.79 Å². The van der Waals surface area contributed by atoms with Gasteiger partial charge in [0.05, 0.1) is 18.0 Å². The van der Waals surface area contributed by atoms with E-state index in [0.717, 1.165) is 11.3 Å². The number of rotatable bonds is 7. The van der Waals surface area contributed by atoms with E-state index in [9.17, 15) is 9.59 Å². The van der Waals surface area contributed by atoms with Gasteiger partial charge in [0.15, 0.2) is 22.4 Å². The van der Waals surface area contributed by atoms with Crippen LogP contribution in [0.1, 0.15) is 22.8 Å². The molecule has 0 bridgehead atoms. The summed E-state index contributed by atoms with van der Waals surface area (Å²) in [6, 6.07) is 21.8. The summed E-state index contributed by atoms with van der Waals surface area (Å²) in [7, 11) is 0. The molecule has 3 aromatic rings. The largest absolute Gasteiger partial charge is 0.494 e. The Morgan fingerprint density at radius 2 is 1.83 bits per heavy atom. The summed E-state index contributed by atoms with van der Waals surface area (Å²) in [6.07, 6.45) is 1.71. The van der Waals surface area contributed by atoms with Crippen molar-refractivity contribution in [2.45, 2.75) is 6.92 Å². The monoisotopic (exact) mass is 486 g/mol. The van der Waals surface area contributed by atoms with E-state index >= 15 is 0 Å². The van der Waals surface area contributed by atoms with Crippen LogP contribution in [0.15, 0.2) is 83.5 Å². The van der Waals surface area contributed by atoms with Gasteiger partial charge in [-0.25, -0.2) is 4.99 Å². The van der Waals surface area contributed by atoms with Crippen molar-refractivity contribution in [3.8, 4) is 17.2 Å². The van der Waals surface area contributed by atoms with E-state index in [0.29, 0.717) is 34.5 Å². The zero-order chi connectivity index (χ0) is 24.2. The molecular formula is C27H22N2O5S. The third kappa shape index (κ3) is 4.93. The Balaban J connectivity index is 1.38. The Kier molecular flexibility index (Phi) is 6.54. The number of fused-ring (bicyclic) bond motifs is 1. The molecule has 176 valence electrons. The van der Waals surface area contributed by atoms with E-state index in [2.05, 4.69) is 4.99 Å². The van der Waals surface area contributed by atoms with Crippen molar-refractivity contribution in [2.24, 2.45) is 4.99 Å². The number of para-hydroxylation sites is 1. The second kappa shape index (κ2) is 10.1. The van der Waals surface area contributed by atoms with Gasteiger partial charge in [0, 0.05) is 5.56 Å². The van der Waals surface area contributed by atoms with E-state index in [4.69, 9.17) is 14.2 Å². The lowest BCUT2D eigenvalue weighted by Crippen LogP contribution is -2.30. The molecule has 0 saturated carbocycles. The van der Waals surface area contributed by atoms with Gasteiger partial charge in [0.25, 0.3) is 5.91 Å². The van der Waals surface area contributed by atoms with Gasteiger partial charge in [0.1, 0.15) is 11.4 Å². The summed E-state index contributed by atoms with van der Waals surface area (Å²) >= 11 is 1.23. The lowest BCUT2D eigenvalue weighted by molar-refractivity contribution is -0.113. The van der Waals surface area contributed by atoms with Crippen LogP contribution in [-0.4, -0.2) is 36.0 Å². The second-order valence-electron chi connectivity index (χ2n) is 7.68. The predicted molar refractivity (Wildman–Crippen MR) is 136 cm³/mol. The van der Waals surface area contributed by atoms with Gasteiger partial charge in [-0.2, -0.15) is 0 Å². The first kappa shape index (κ1) is 22.7. The first-order chi connectivity index (χ1) is 17.1. The van der Waals surface area contributed by atoms with E-state index < -0.39 is 0 Å². The summed E-state index contributed by atoms with van der Waals surface area (Å²) in [4.78, 5) is 32.3. The van der Waals surface area contributed by atoms with Crippen LogP contribution in [0, 0.1) is 0 Å². The maximum absolute atomic E-state index is 13.3. The Morgan fingerprint density at radius 1 is 1.06 bits per heavy atom. The highest BCUT2D eigenvalue weighted by atomic mass is 32.2. The fourth-order valence-electron chi connectivity index (χ4n) is 3.68. The number of hydrogen-bond acceptors (Lipinski definition) is 7. The van der Waals surface area contributed by atoms with E-state index in [1.807, 2.05) is 49.4 Å². The number of amides is 1. The number of thioether (sulfide) groups is 1. The fourth-order valence-corrected chi connectivity index (χ4v) is 4.58. The Bertz CT molecular complexity index is 1320. The van der Waals surface area contributed by atoms with Crippen LogP contribution in [0.3, 0.4) is 0 Å². The van der Waals surface area contributed by atoms with Gasteiger partial charge < -0.3 is 14.2 Å². The highest BCUT2D eigenvalue weighted by Crippen LogP contribution is 2.34. The second-order valence-corrected chi connectivity index (χ2v) is 8.62. The third-order valence-electron chi connectivity index (χ3n) is 5.36. The van der Waals surface area contributed by atoms with Crippen molar-refractivity contribution >= 4 is 40.4 Å². The molecule has 2 heterocycles. The number of ketones is 1. The first-order valence-corrected chi connectivity index (χ1v) is 12.1. The van der Waals surface area contributed by atoms with Crippen LogP contribution in [0.4, 0.5) is 5.69 Å². The number of carbonyl (C=O) groups is 2. The van der Waals surface area contributed by atoms with Gasteiger partial charge in [-0.05, 0) is 67.1 Å². The van der Waals surface area contributed by atoms with Crippen LogP contribution < -0.4 is 19.1 Å². The Morgan fingerprint density at radius 3 is 2.60 bits per heavy atom. The smallest absolute Gasteiger partial charge is 0.283 e. The molecule has 0 saturated heterocycles. The summed E-state index contributed by atoms with van der Waals surface area (Å²) in [5, 5.41) is 0.451. The summed E-state index contributed by atoms with van der Waals surface area (Å²) < 4.78 is 16.2. The average Bonchev–Trinajstić information content (AvgIpc) is 3.47. The summed E-state index contributed by atoms with van der Waals surface area (Å²) in [5.41, 5.74) is 2.31. The summed E-state index contributed by atoms with van der Waals surface area (Å²) in [5.74, 6) is 1.84. The highest BCUT2D eigenvalue weighted by molar-refractivity contribution is 8.14. The molecule has 35 heavy (non-hydrogen) atoms. The molecule has 0 fully saturated rings. The van der Waals surface area contributed by atoms with Gasteiger partial charge >= 0.3 is 0 Å². The quantitative estimate of drug-likeness (QED) is 0.339. The van der Waals surface area contributed by atoms with Gasteiger partial charge in [-0.15, -0.1) is 0 Å². The van der Waals surface area contributed by atoms with Crippen molar-refractivity contribution in [1.29, 1.82) is 0 Å². The van der Waals surface area contributed by atoms with Crippen molar-refractivity contribution in [2.75, 3.05) is 24.1 Å². The maximum Gasteiger partial charge on any atom is 0.283 e. The number of ether oxygens (including phenoxy) is 3. The fraction of sp³-hybridized carbons (Fsp3) is 0.148. The van der Waals surface area contributed by atoms with Crippen LogP contribution in [0.2, 0.25) is 0 Å². The number of aliphatic imine (C=N–C) groups is 1. The number of carbonyl (C=O) groups excluding carboxylic acids is 2. The van der Waals surface area contributed by atoms with E-state index in [1.54, 1.807) is 36.4 Å². The van der Waals surface area contributed by atoms with Crippen LogP contribution in [0.25, 0.3) is 6.08 Å². The lowest BCUT2D eigenvalue weighted by atomic mass is 10.1. The highest BCUT2D eigenvalue weighted by Gasteiger charge is 2.32. The molecule has 0 aromatic heterocycles. The molecule has 3 aromatic carbocycles. The minimum Gasteiger partial charge on any atom is -0.494 e. The van der Waals surface area contributed by atoms with Crippen molar-refractivity contribution in [3.05, 3.63) is 89.6 Å². The molecule has 8 heteroatoms. The molecule has 7 nitrogen and oxygen atoms in total. The van der Waals surface area contributed by atoms with Gasteiger partial charge in [-0.3, -0.25) is 14.5 Å². The van der Waals surface area contributed by atoms with Crippen molar-refractivity contribution in [1.82, 2.24) is 0 Å². The summed E-state index contributed by atoms with van der Waals surface area (Å²) in [6.45, 7) is 2.65. The molecule has 1 amide bonds. The molecule has 2 aliphatic heterocycles. The van der Waals surface area contributed by atoms with Crippen LogP contribution >= 0.6 is 11.8 Å². The molecule has 0 radical (unpaired) electrons. The zero-order valence-corrected chi connectivity index (χ0v) is 19.8. The average molecular weight is 487 g/mol. The van der Waals surface area contributed by atoms with Crippen molar-refractivity contribution < 1.29 is 23.8 Å². The molecular weight excluding hydrogens is 464 g/mol. The number of hydrogen-bond donors (Lipinski definition) is 0. The third-order valence-corrected chi connectivity index (χ3v) is 6.30. The molecule has 0 aliphatic carbocycles.